The smallest absolute Gasteiger partial charge is 0.0493 e. The van der Waals surface area contributed by atoms with Gasteiger partial charge in [-0.25, -0.2) is 0 Å². The molecule has 1 heteroatoms. The molecule has 0 amide bonds. The van der Waals surface area contributed by atoms with Crippen molar-refractivity contribution in [2.24, 2.45) is 5.92 Å². The molecule has 19 heavy (non-hydrogen) atoms. The van der Waals surface area contributed by atoms with E-state index < -0.39 is 0 Å². The molecule has 0 fully saturated rings. The molecule has 0 saturated heterocycles. The molecule has 0 aliphatic rings. The Morgan fingerprint density at radius 2 is 1.37 bits per heavy atom. The second kappa shape index (κ2) is 15.8. The Hall–Kier alpha value is -0.300. The number of hydrogen-bond acceptors (Lipinski definition) is 1. The highest BCUT2D eigenvalue weighted by Gasteiger charge is 2.02. The molecule has 0 heterocycles. The van der Waals surface area contributed by atoms with Gasteiger partial charge in [0.2, 0.25) is 0 Å². The molecule has 1 atom stereocenters. The zero-order valence-corrected chi connectivity index (χ0v) is 13.4. The molecule has 0 radical (unpaired) electrons. The zero-order valence-electron chi connectivity index (χ0n) is 13.4. The molecule has 1 unspecified atom stereocenters. The summed E-state index contributed by atoms with van der Waals surface area (Å²) in [6, 6.07) is 0. The van der Waals surface area contributed by atoms with E-state index in [9.17, 15) is 5.11 Å². The molecule has 0 rings (SSSR count). The highest BCUT2D eigenvalue weighted by atomic mass is 16.3. The van der Waals surface area contributed by atoms with Gasteiger partial charge in [-0.3, -0.25) is 0 Å². The Balaban J connectivity index is 3.45. The van der Waals surface area contributed by atoms with Gasteiger partial charge in [-0.1, -0.05) is 83.8 Å². The number of rotatable bonds is 14. The summed E-state index contributed by atoms with van der Waals surface area (Å²) in [4.78, 5) is 0. The fraction of sp³-hybridized carbons (Fsp3) is 0.889. The van der Waals surface area contributed by atoms with Gasteiger partial charge in [0.1, 0.15) is 0 Å². The Morgan fingerprint density at radius 3 is 2.00 bits per heavy atom. The van der Waals surface area contributed by atoms with Crippen LogP contribution in [0, 0.1) is 5.92 Å². The van der Waals surface area contributed by atoms with Crippen LogP contribution in [-0.4, -0.2) is 11.7 Å². The Bertz CT molecular complexity index is 186. The topological polar surface area (TPSA) is 20.2 Å². The van der Waals surface area contributed by atoms with Crippen molar-refractivity contribution >= 4 is 0 Å². The van der Waals surface area contributed by atoms with E-state index in [1.54, 1.807) is 0 Å². The first-order chi connectivity index (χ1) is 9.35. The zero-order chi connectivity index (χ0) is 14.2. The van der Waals surface area contributed by atoms with Gasteiger partial charge in [0.05, 0.1) is 0 Å². The summed E-state index contributed by atoms with van der Waals surface area (Å²) in [5.41, 5.74) is 0. The predicted octanol–water partition coefficient (Wildman–Crippen LogP) is 5.87. The third kappa shape index (κ3) is 13.9. The number of hydrogen-bond donors (Lipinski definition) is 1. The van der Waals surface area contributed by atoms with Crippen LogP contribution >= 0.6 is 0 Å². The van der Waals surface area contributed by atoms with Crippen LogP contribution in [0.15, 0.2) is 12.2 Å². The van der Waals surface area contributed by atoms with Crippen LogP contribution < -0.4 is 0 Å². The summed E-state index contributed by atoms with van der Waals surface area (Å²) in [6.07, 6.45) is 20.3. The molecule has 0 aromatic carbocycles. The maximum Gasteiger partial charge on any atom is 0.0493 e. The van der Waals surface area contributed by atoms with Gasteiger partial charge in [0, 0.05) is 6.61 Å². The van der Waals surface area contributed by atoms with Crippen molar-refractivity contribution in [1.82, 2.24) is 0 Å². The minimum absolute atomic E-state index is 0.320. The van der Waals surface area contributed by atoms with Gasteiger partial charge in [-0.15, -0.1) is 0 Å². The number of aliphatic hydroxyl groups is 1. The van der Waals surface area contributed by atoms with Gasteiger partial charge >= 0.3 is 0 Å². The van der Waals surface area contributed by atoms with Crippen LogP contribution in [0.4, 0.5) is 0 Å². The van der Waals surface area contributed by atoms with E-state index in [-0.39, 0.29) is 0 Å². The predicted molar refractivity (Wildman–Crippen MR) is 86.5 cm³/mol. The molecule has 0 aromatic heterocycles. The van der Waals surface area contributed by atoms with E-state index >= 15 is 0 Å². The summed E-state index contributed by atoms with van der Waals surface area (Å²) in [5.74, 6) is 0.400. The molecule has 1 N–H and O–H groups in total. The van der Waals surface area contributed by atoms with Gasteiger partial charge in [-0.2, -0.15) is 0 Å². The van der Waals surface area contributed by atoms with Crippen molar-refractivity contribution in [1.29, 1.82) is 0 Å². The van der Waals surface area contributed by atoms with Crippen molar-refractivity contribution in [3.8, 4) is 0 Å². The maximum atomic E-state index is 9.36. The highest BCUT2D eigenvalue weighted by molar-refractivity contribution is 4.88. The monoisotopic (exact) mass is 268 g/mol. The minimum Gasteiger partial charge on any atom is -0.396 e. The van der Waals surface area contributed by atoms with Gasteiger partial charge < -0.3 is 5.11 Å². The van der Waals surface area contributed by atoms with E-state index in [1.807, 2.05) is 0 Å². The van der Waals surface area contributed by atoms with Crippen LogP contribution in [0.25, 0.3) is 0 Å². The molecule has 0 aromatic rings. The largest absolute Gasteiger partial charge is 0.396 e. The number of aliphatic hydroxyl groups excluding tert-OH is 1. The fourth-order valence-corrected chi connectivity index (χ4v) is 2.41. The maximum absolute atomic E-state index is 9.36. The Labute approximate surface area is 121 Å². The molecule has 114 valence electrons. The van der Waals surface area contributed by atoms with Crippen molar-refractivity contribution in [2.45, 2.75) is 90.9 Å². The molecule has 0 spiro atoms. The summed E-state index contributed by atoms with van der Waals surface area (Å²) in [5, 5.41) is 9.36. The van der Waals surface area contributed by atoms with Crippen LogP contribution in [-0.2, 0) is 0 Å². The first-order valence-corrected chi connectivity index (χ1v) is 8.62. The number of allylic oxidation sites excluding steroid dienone is 1. The second-order valence-corrected chi connectivity index (χ2v) is 5.78. The Kier molecular flexibility index (Phi) is 15.5. The first kappa shape index (κ1) is 18.7. The van der Waals surface area contributed by atoms with Crippen LogP contribution in [0.2, 0.25) is 0 Å². The van der Waals surface area contributed by atoms with Crippen LogP contribution in [0.3, 0.4) is 0 Å². The summed E-state index contributed by atoms with van der Waals surface area (Å²) in [7, 11) is 0. The standard InChI is InChI=1S/C18H36O/c1-3-5-7-9-11-13-15-18(17-19)16-14-12-10-8-6-4-2/h13,15,18-19H,3-12,14,16-17H2,1-2H3/b15-13+. The summed E-state index contributed by atoms with van der Waals surface area (Å²) in [6.45, 7) is 4.83. The third-order valence-corrected chi connectivity index (χ3v) is 3.80. The average molecular weight is 268 g/mol. The SMILES string of the molecule is CCCCCC/C=C/C(CO)CCCCCCCC. The molecular weight excluding hydrogens is 232 g/mol. The second-order valence-electron chi connectivity index (χ2n) is 5.78. The minimum atomic E-state index is 0.320. The van der Waals surface area contributed by atoms with Crippen molar-refractivity contribution < 1.29 is 5.11 Å². The summed E-state index contributed by atoms with van der Waals surface area (Å²) >= 11 is 0. The van der Waals surface area contributed by atoms with E-state index in [2.05, 4.69) is 26.0 Å². The number of unbranched alkanes of at least 4 members (excludes halogenated alkanes) is 9. The lowest BCUT2D eigenvalue weighted by Gasteiger charge is -2.09. The quantitative estimate of drug-likeness (QED) is 0.308. The van der Waals surface area contributed by atoms with Crippen LogP contribution in [0.5, 0.6) is 0 Å². The first-order valence-electron chi connectivity index (χ1n) is 8.62. The van der Waals surface area contributed by atoms with E-state index in [4.69, 9.17) is 0 Å². The highest BCUT2D eigenvalue weighted by Crippen LogP contribution is 2.14. The normalized spacial score (nSPS) is 13.2. The Morgan fingerprint density at radius 1 is 0.789 bits per heavy atom. The molecule has 0 aliphatic carbocycles. The van der Waals surface area contributed by atoms with E-state index in [0.717, 1.165) is 6.42 Å². The van der Waals surface area contributed by atoms with E-state index in [1.165, 1.54) is 70.6 Å². The lowest BCUT2D eigenvalue weighted by Crippen LogP contribution is -2.02. The van der Waals surface area contributed by atoms with Crippen molar-refractivity contribution in [2.75, 3.05) is 6.61 Å². The molecule has 1 nitrogen and oxygen atoms in total. The lowest BCUT2D eigenvalue weighted by atomic mass is 10.00. The molecule has 0 bridgehead atoms. The van der Waals surface area contributed by atoms with Gasteiger partial charge in [0.15, 0.2) is 0 Å². The van der Waals surface area contributed by atoms with Gasteiger partial charge in [-0.05, 0) is 25.2 Å². The molecule has 0 aliphatic heterocycles. The third-order valence-electron chi connectivity index (χ3n) is 3.80. The summed E-state index contributed by atoms with van der Waals surface area (Å²) < 4.78 is 0. The van der Waals surface area contributed by atoms with Crippen LogP contribution in [0.1, 0.15) is 90.9 Å². The van der Waals surface area contributed by atoms with Crippen molar-refractivity contribution in [3.63, 3.8) is 0 Å². The van der Waals surface area contributed by atoms with Crippen molar-refractivity contribution in [3.05, 3.63) is 12.2 Å². The fourth-order valence-electron chi connectivity index (χ4n) is 2.41. The average Bonchev–Trinajstić information content (AvgIpc) is 2.44. The molecule has 0 saturated carbocycles. The van der Waals surface area contributed by atoms with Gasteiger partial charge in [0.25, 0.3) is 0 Å². The lowest BCUT2D eigenvalue weighted by molar-refractivity contribution is 0.243. The van der Waals surface area contributed by atoms with E-state index in [0.29, 0.717) is 12.5 Å². The molecular formula is C18H36O.